The van der Waals surface area contributed by atoms with E-state index in [9.17, 15) is 0 Å². The van der Waals surface area contributed by atoms with Gasteiger partial charge in [-0.05, 0) is 0 Å². The van der Waals surface area contributed by atoms with Crippen LogP contribution in [0.5, 0.6) is 0 Å². The van der Waals surface area contributed by atoms with Crippen LogP contribution in [0.4, 0.5) is 0 Å². The molecule has 0 aromatic rings. The summed E-state index contributed by atoms with van der Waals surface area (Å²) in [5.41, 5.74) is 0. The molecule has 0 radical (unpaired) electrons. The van der Waals surface area contributed by atoms with Crippen molar-refractivity contribution >= 4 is 15.8 Å². The monoisotopic (exact) mass is 266 g/mol. The summed E-state index contributed by atoms with van der Waals surface area (Å²) in [5, 5.41) is 0. The molecule has 0 N–H and O–H groups in total. The molecule has 0 aromatic heterocycles. The van der Waals surface area contributed by atoms with E-state index in [2.05, 4.69) is 0 Å². The second-order valence-corrected chi connectivity index (χ2v) is 12.0. The Labute approximate surface area is 100 Å². The van der Waals surface area contributed by atoms with Gasteiger partial charge in [-0.1, -0.05) is 0 Å². The zero-order valence-corrected chi connectivity index (χ0v) is 11.8. The topological polar surface area (TPSA) is 0 Å². The van der Waals surface area contributed by atoms with Crippen molar-refractivity contribution in [1.29, 1.82) is 0 Å². The Morgan fingerprint density at radius 2 is 1.07 bits per heavy atom. The summed E-state index contributed by atoms with van der Waals surface area (Å²) in [4.78, 5) is 0. The number of hydrogen-bond donors (Lipinski definition) is 0. The van der Waals surface area contributed by atoms with Gasteiger partial charge < -0.3 is 0 Å². The van der Waals surface area contributed by atoms with Crippen LogP contribution in [0.1, 0.15) is 64.2 Å². The molecule has 0 spiro atoms. The zero-order chi connectivity index (χ0) is 9.93. The molecule has 0 saturated heterocycles. The van der Waals surface area contributed by atoms with E-state index in [0.29, 0.717) is 15.8 Å². The molecular weight excluding hydrogens is 243 g/mol. The van der Waals surface area contributed by atoms with Gasteiger partial charge in [-0.2, -0.15) is 0 Å². The minimum absolute atomic E-state index is 0.375. The fraction of sp³-hybridized carbons (Fsp3) is 1.00. The van der Waals surface area contributed by atoms with E-state index in [-0.39, 0.29) is 0 Å². The molecular formula is C14H23As. The Morgan fingerprint density at radius 1 is 0.667 bits per heavy atom. The number of rotatable bonds is 2. The van der Waals surface area contributed by atoms with Crippen LogP contribution < -0.4 is 0 Å². The summed E-state index contributed by atoms with van der Waals surface area (Å²) in [7, 11) is 0. The molecule has 0 atom stereocenters. The van der Waals surface area contributed by atoms with Crippen molar-refractivity contribution in [2.75, 3.05) is 0 Å². The van der Waals surface area contributed by atoms with Gasteiger partial charge in [-0.3, -0.25) is 0 Å². The summed E-state index contributed by atoms with van der Waals surface area (Å²) in [5.74, 6) is 2.37. The van der Waals surface area contributed by atoms with Gasteiger partial charge in [0.25, 0.3) is 0 Å². The molecule has 4 saturated carbocycles. The van der Waals surface area contributed by atoms with Gasteiger partial charge in [0.2, 0.25) is 0 Å². The molecule has 84 valence electrons. The van der Waals surface area contributed by atoms with Crippen LogP contribution in [0.2, 0.25) is 8.41 Å². The zero-order valence-electron chi connectivity index (χ0n) is 9.73. The molecule has 4 aliphatic rings. The van der Waals surface area contributed by atoms with E-state index in [0.717, 1.165) is 8.41 Å². The van der Waals surface area contributed by atoms with Gasteiger partial charge in [-0.25, -0.2) is 0 Å². The van der Waals surface area contributed by atoms with E-state index in [4.69, 9.17) is 0 Å². The maximum absolute atomic E-state index is 1.68. The summed E-state index contributed by atoms with van der Waals surface area (Å²) in [6.45, 7) is 0. The summed E-state index contributed by atoms with van der Waals surface area (Å²) in [6.07, 6.45) is 16.4. The third-order valence-electron chi connectivity index (χ3n) is 6.01. The Hall–Kier alpha value is 0.558. The molecule has 0 nitrogen and oxygen atoms in total. The molecule has 0 amide bonds. The van der Waals surface area contributed by atoms with Crippen molar-refractivity contribution < 1.29 is 0 Å². The van der Waals surface area contributed by atoms with E-state index in [1.54, 1.807) is 64.2 Å². The first kappa shape index (κ1) is 9.57. The normalized spacial score (nSPS) is 57.6. The second-order valence-electron chi connectivity index (χ2n) is 6.98. The van der Waals surface area contributed by atoms with E-state index >= 15 is 0 Å². The predicted octanol–water partition coefficient (Wildman–Crippen LogP) is 3.93. The Bertz CT molecular complexity index is 239. The van der Waals surface area contributed by atoms with Crippen molar-refractivity contribution in [3.8, 4) is 0 Å². The molecule has 15 heavy (non-hydrogen) atoms. The van der Waals surface area contributed by atoms with Gasteiger partial charge in [-0.15, -0.1) is 0 Å². The van der Waals surface area contributed by atoms with Crippen LogP contribution in [-0.4, -0.2) is 15.8 Å². The van der Waals surface area contributed by atoms with E-state index in [1.807, 2.05) is 0 Å². The fourth-order valence-corrected chi connectivity index (χ4v) is 11.6. The van der Waals surface area contributed by atoms with Gasteiger partial charge >= 0.3 is 100 Å². The average Bonchev–Trinajstić information content (AvgIpc) is 2.95. The van der Waals surface area contributed by atoms with Crippen molar-refractivity contribution in [3.05, 3.63) is 0 Å². The van der Waals surface area contributed by atoms with Crippen LogP contribution in [0.15, 0.2) is 0 Å². The first-order valence-corrected chi connectivity index (χ1v) is 9.17. The minimum atomic E-state index is 0.375. The SMILES string of the molecule is C1CC2([AsH]C34CCC(CC3)C4)CCC1C2. The average molecular weight is 266 g/mol. The first-order valence-electron chi connectivity index (χ1n) is 7.07. The number of fused-ring (bicyclic) bond motifs is 4. The standard InChI is InChI=1S/C14H23As/c1-5-13(6-2-11(1)9-13)15-14-7-3-12(10-14)4-8-14/h11-12,15H,1-10H2. The van der Waals surface area contributed by atoms with Crippen molar-refractivity contribution in [2.24, 2.45) is 11.8 Å². The quantitative estimate of drug-likeness (QED) is 0.664. The van der Waals surface area contributed by atoms with Crippen molar-refractivity contribution in [3.63, 3.8) is 0 Å². The van der Waals surface area contributed by atoms with E-state index < -0.39 is 0 Å². The van der Waals surface area contributed by atoms with Crippen LogP contribution in [0, 0.1) is 11.8 Å². The summed E-state index contributed by atoms with van der Waals surface area (Å²) < 4.78 is 1.98. The Morgan fingerprint density at radius 3 is 1.33 bits per heavy atom. The van der Waals surface area contributed by atoms with E-state index in [1.165, 1.54) is 11.8 Å². The molecule has 4 bridgehead atoms. The van der Waals surface area contributed by atoms with Gasteiger partial charge in [0.15, 0.2) is 0 Å². The molecule has 1 heteroatoms. The maximum atomic E-state index is 1.68. The third-order valence-corrected chi connectivity index (χ3v) is 11.2. The Kier molecular flexibility index (Phi) is 1.96. The molecule has 0 heterocycles. The van der Waals surface area contributed by atoms with Gasteiger partial charge in [0.05, 0.1) is 0 Å². The van der Waals surface area contributed by atoms with Crippen LogP contribution >= 0.6 is 0 Å². The third kappa shape index (κ3) is 1.40. The van der Waals surface area contributed by atoms with Crippen LogP contribution in [0.3, 0.4) is 0 Å². The summed E-state index contributed by atoms with van der Waals surface area (Å²) >= 11 is 0.375. The molecule has 4 fully saturated rings. The van der Waals surface area contributed by atoms with Crippen LogP contribution in [0.25, 0.3) is 0 Å². The second kappa shape index (κ2) is 3.06. The first-order chi connectivity index (χ1) is 7.28. The van der Waals surface area contributed by atoms with Crippen molar-refractivity contribution in [2.45, 2.75) is 72.6 Å². The molecule has 4 rings (SSSR count). The molecule has 0 aliphatic heterocycles. The predicted molar refractivity (Wildman–Crippen MR) is 65.7 cm³/mol. The van der Waals surface area contributed by atoms with Gasteiger partial charge in [0.1, 0.15) is 0 Å². The molecule has 0 unspecified atom stereocenters. The van der Waals surface area contributed by atoms with Gasteiger partial charge in [0, 0.05) is 0 Å². The molecule has 0 aromatic carbocycles. The Balaban J connectivity index is 1.55. The fourth-order valence-electron chi connectivity index (χ4n) is 5.30. The summed E-state index contributed by atoms with van der Waals surface area (Å²) in [6, 6.07) is 0. The van der Waals surface area contributed by atoms with Crippen LogP contribution in [-0.2, 0) is 0 Å². The number of hydrogen-bond acceptors (Lipinski definition) is 0. The molecule has 4 aliphatic carbocycles. The van der Waals surface area contributed by atoms with Crippen molar-refractivity contribution in [1.82, 2.24) is 0 Å².